The van der Waals surface area contributed by atoms with E-state index in [0.29, 0.717) is 34.1 Å². The summed E-state index contributed by atoms with van der Waals surface area (Å²) < 4.78 is 52.1. The van der Waals surface area contributed by atoms with E-state index in [2.05, 4.69) is 29.9 Å². The van der Waals surface area contributed by atoms with Gasteiger partial charge in [0.25, 0.3) is 6.43 Å². The fraction of sp³-hybridized carbons (Fsp3) is 0.333. The molecule has 13 heteroatoms. The van der Waals surface area contributed by atoms with Crippen molar-refractivity contribution >= 4 is 28.0 Å². The number of alkyl halides is 2. The monoisotopic (exact) mass is 527 g/mol. The molecule has 0 saturated heterocycles. The summed E-state index contributed by atoms with van der Waals surface area (Å²) >= 11 is 0.876. The molecule has 2 aliphatic rings. The molecule has 0 unspecified atom stereocenters. The van der Waals surface area contributed by atoms with Crippen LogP contribution in [-0.2, 0) is 18.6 Å². The third-order valence-electron chi connectivity index (χ3n) is 6.79. The number of nitrogens with two attached hydrogens (primary N) is 1. The number of hydrogen-bond acceptors (Lipinski definition) is 10. The summed E-state index contributed by atoms with van der Waals surface area (Å²) in [4.78, 5) is 25.7. The van der Waals surface area contributed by atoms with Crippen molar-refractivity contribution in [3.05, 3.63) is 71.8 Å². The SMILES string of the molecule is C[C@]1(c2cc(Cc3nccc4nc(OCc5ncco5)cnc34)cnc2F)N=C(N)S[C@@]2(C(F)F)C[C@@H]12. The Hall–Kier alpha value is -3.74. The van der Waals surface area contributed by atoms with Gasteiger partial charge in [0.1, 0.15) is 11.8 Å². The maximum absolute atomic E-state index is 15.0. The van der Waals surface area contributed by atoms with Crippen LogP contribution in [0.2, 0.25) is 0 Å². The van der Waals surface area contributed by atoms with Crippen molar-refractivity contribution in [2.45, 2.75) is 43.1 Å². The Bertz CT molecular complexity index is 1520. The lowest BCUT2D eigenvalue weighted by atomic mass is 9.86. The lowest BCUT2D eigenvalue weighted by Crippen LogP contribution is -2.39. The molecule has 0 radical (unpaired) electrons. The Morgan fingerprint density at radius 1 is 1.22 bits per heavy atom. The predicted octanol–water partition coefficient (Wildman–Crippen LogP) is 4.02. The minimum Gasteiger partial charge on any atom is -0.467 e. The van der Waals surface area contributed by atoms with Crippen molar-refractivity contribution in [1.29, 1.82) is 0 Å². The molecule has 1 fully saturated rings. The first-order valence-electron chi connectivity index (χ1n) is 11.4. The van der Waals surface area contributed by atoms with Gasteiger partial charge < -0.3 is 14.9 Å². The molecular weight excluding hydrogens is 507 g/mol. The lowest BCUT2D eigenvalue weighted by molar-refractivity contribution is 0.123. The van der Waals surface area contributed by atoms with Crippen LogP contribution in [0.3, 0.4) is 0 Å². The van der Waals surface area contributed by atoms with Crippen LogP contribution < -0.4 is 10.5 Å². The van der Waals surface area contributed by atoms with Crippen LogP contribution in [0.4, 0.5) is 13.2 Å². The van der Waals surface area contributed by atoms with Gasteiger partial charge in [-0.1, -0.05) is 11.8 Å². The van der Waals surface area contributed by atoms with Crippen LogP contribution in [0, 0.1) is 11.9 Å². The lowest BCUT2D eigenvalue weighted by Gasteiger charge is -2.33. The predicted molar refractivity (Wildman–Crippen MR) is 129 cm³/mol. The number of aromatic nitrogens is 5. The molecule has 4 aromatic heterocycles. The van der Waals surface area contributed by atoms with E-state index in [1.54, 1.807) is 25.3 Å². The highest BCUT2D eigenvalue weighted by Crippen LogP contribution is 2.68. The Morgan fingerprint density at radius 3 is 2.86 bits per heavy atom. The number of halogens is 3. The summed E-state index contributed by atoms with van der Waals surface area (Å²) in [7, 11) is 0. The number of pyridine rings is 2. The van der Waals surface area contributed by atoms with Gasteiger partial charge in [-0.25, -0.2) is 28.7 Å². The summed E-state index contributed by atoms with van der Waals surface area (Å²) in [5.74, 6) is -0.618. The van der Waals surface area contributed by atoms with Crippen molar-refractivity contribution in [3.8, 4) is 5.88 Å². The van der Waals surface area contributed by atoms with E-state index in [0.717, 1.165) is 11.8 Å². The van der Waals surface area contributed by atoms with Gasteiger partial charge in [0.05, 0.1) is 33.9 Å². The second-order valence-corrected chi connectivity index (χ2v) is 10.5. The van der Waals surface area contributed by atoms with Gasteiger partial charge in [0.2, 0.25) is 17.7 Å². The van der Waals surface area contributed by atoms with Crippen molar-refractivity contribution < 1.29 is 22.3 Å². The average molecular weight is 528 g/mol. The molecule has 37 heavy (non-hydrogen) atoms. The van der Waals surface area contributed by atoms with E-state index < -0.39 is 28.6 Å². The number of fused-ring (bicyclic) bond motifs is 2. The van der Waals surface area contributed by atoms with Gasteiger partial charge in [-0.2, -0.15) is 4.39 Å². The van der Waals surface area contributed by atoms with E-state index in [9.17, 15) is 13.2 Å². The van der Waals surface area contributed by atoms with Crippen LogP contribution in [0.1, 0.15) is 36.1 Å². The number of amidine groups is 1. The minimum absolute atomic E-state index is 0.0215. The molecule has 3 atom stereocenters. The quantitative estimate of drug-likeness (QED) is 0.355. The summed E-state index contributed by atoms with van der Waals surface area (Å²) in [6, 6.07) is 3.30. The standard InChI is InChI=1S/C24H20F3N7O2S/c1-23(16-8-24(16,21(26)27)37-22(28)34-23)13-6-12(9-32-20(13)25)7-15-19-14(2-3-29-15)33-17(10-31-19)36-11-18-30-4-5-35-18/h2-6,9-10,16,21H,7-8,11H2,1H3,(H2,28,34)/t16-,23+,24-/m0/s1. The van der Waals surface area contributed by atoms with Gasteiger partial charge in [-0.3, -0.25) is 9.98 Å². The van der Waals surface area contributed by atoms with E-state index in [1.807, 2.05) is 0 Å². The summed E-state index contributed by atoms with van der Waals surface area (Å²) in [6.07, 6.45) is 5.28. The van der Waals surface area contributed by atoms with Gasteiger partial charge in [-0.05, 0) is 31.0 Å². The summed E-state index contributed by atoms with van der Waals surface area (Å²) in [5.41, 5.74) is 7.10. The Morgan fingerprint density at radius 2 is 2.08 bits per heavy atom. The van der Waals surface area contributed by atoms with Gasteiger partial charge in [0.15, 0.2) is 11.8 Å². The van der Waals surface area contributed by atoms with Crippen LogP contribution in [0.15, 0.2) is 52.6 Å². The van der Waals surface area contributed by atoms with Crippen LogP contribution in [0.25, 0.3) is 11.0 Å². The van der Waals surface area contributed by atoms with Crippen molar-refractivity contribution in [2.24, 2.45) is 16.6 Å². The Kier molecular flexibility index (Phi) is 5.55. The highest BCUT2D eigenvalue weighted by atomic mass is 32.2. The Labute approximate surface area is 212 Å². The average Bonchev–Trinajstić information content (AvgIpc) is 3.41. The van der Waals surface area contributed by atoms with Crippen LogP contribution in [-0.4, -0.2) is 41.3 Å². The molecule has 1 aliphatic heterocycles. The third kappa shape index (κ3) is 4.06. The number of ether oxygens (including phenoxy) is 1. The fourth-order valence-corrected chi connectivity index (χ4v) is 6.22. The highest BCUT2D eigenvalue weighted by molar-refractivity contribution is 8.15. The van der Waals surface area contributed by atoms with Crippen molar-refractivity contribution in [1.82, 2.24) is 24.9 Å². The second kappa shape index (κ2) is 8.68. The van der Waals surface area contributed by atoms with Gasteiger partial charge in [-0.15, -0.1) is 0 Å². The topological polar surface area (TPSA) is 125 Å². The highest BCUT2D eigenvalue weighted by Gasteiger charge is 2.71. The molecular formula is C24H20F3N7O2S. The molecule has 1 aliphatic carbocycles. The van der Waals surface area contributed by atoms with Crippen molar-refractivity contribution in [3.63, 3.8) is 0 Å². The van der Waals surface area contributed by atoms with E-state index >= 15 is 0 Å². The number of rotatable bonds is 7. The molecule has 5 heterocycles. The fourth-order valence-electron chi connectivity index (χ4n) is 4.88. The molecule has 2 N–H and O–H groups in total. The second-order valence-electron chi connectivity index (χ2n) is 9.12. The zero-order valence-electron chi connectivity index (χ0n) is 19.4. The third-order valence-corrected chi connectivity index (χ3v) is 8.10. The maximum atomic E-state index is 15.0. The first-order chi connectivity index (χ1) is 17.8. The zero-order chi connectivity index (χ0) is 25.8. The first-order valence-corrected chi connectivity index (χ1v) is 12.2. The molecule has 0 amide bonds. The van der Waals surface area contributed by atoms with Gasteiger partial charge >= 0.3 is 0 Å². The van der Waals surface area contributed by atoms with Gasteiger partial charge in [0, 0.05) is 30.3 Å². The largest absolute Gasteiger partial charge is 0.467 e. The number of thioether (sulfide) groups is 1. The molecule has 0 bridgehead atoms. The van der Waals surface area contributed by atoms with Crippen LogP contribution in [0.5, 0.6) is 5.88 Å². The summed E-state index contributed by atoms with van der Waals surface area (Å²) in [5, 5.41) is 0.0215. The molecule has 0 spiro atoms. The molecule has 190 valence electrons. The molecule has 0 aromatic carbocycles. The van der Waals surface area contributed by atoms with E-state index in [4.69, 9.17) is 14.9 Å². The number of nitrogens with zero attached hydrogens (tertiary/aromatic N) is 6. The zero-order valence-corrected chi connectivity index (χ0v) is 20.3. The van der Waals surface area contributed by atoms with E-state index in [-0.39, 0.29) is 30.2 Å². The minimum atomic E-state index is -2.60. The van der Waals surface area contributed by atoms with Crippen molar-refractivity contribution in [2.75, 3.05) is 0 Å². The molecule has 6 rings (SSSR count). The number of aliphatic imine (C=N–C) groups is 1. The van der Waals surface area contributed by atoms with Crippen LogP contribution >= 0.6 is 11.8 Å². The number of oxazole rings is 1. The first kappa shape index (κ1) is 23.6. The smallest absolute Gasteiger partial charge is 0.253 e. The molecule has 4 aromatic rings. The number of hydrogen-bond donors (Lipinski definition) is 1. The Balaban J connectivity index is 1.29. The molecule has 9 nitrogen and oxygen atoms in total. The maximum Gasteiger partial charge on any atom is 0.253 e. The normalized spacial score (nSPS) is 24.7. The molecule has 1 saturated carbocycles. The summed E-state index contributed by atoms with van der Waals surface area (Å²) in [6.45, 7) is 1.74. The van der Waals surface area contributed by atoms with E-state index in [1.165, 1.54) is 24.9 Å².